The van der Waals surface area contributed by atoms with E-state index in [0.29, 0.717) is 5.95 Å². The Morgan fingerprint density at radius 3 is 2.90 bits per heavy atom. The van der Waals surface area contributed by atoms with Gasteiger partial charge in [0.05, 0.1) is 28.8 Å². The number of benzene rings is 1. The molecule has 6 heteroatoms. The van der Waals surface area contributed by atoms with Crippen molar-refractivity contribution in [2.75, 3.05) is 12.8 Å². The maximum atomic E-state index is 6.01. The van der Waals surface area contributed by atoms with E-state index >= 15 is 0 Å². The van der Waals surface area contributed by atoms with Gasteiger partial charge < -0.3 is 15.0 Å². The number of nitrogens with zero attached hydrogens (tertiary/aromatic N) is 3. The van der Waals surface area contributed by atoms with Crippen molar-refractivity contribution in [1.29, 1.82) is 0 Å². The lowest BCUT2D eigenvalue weighted by Crippen LogP contribution is -2.05. The second-order valence-electron chi connectivity index (χ2n) is 4.58. The molecule has 3 aromatic rings. The SMILES string of the molecule is COc1ccc2c(c1)nc(N)n2CCc1csc(C)n1. The number of methoxy groups -OCH3 is 1. The lowest BCUT2D eigenvalue weighted by molar-refractivity contribution is 0.415. The van der Waals surface area contributed by atoms with E-state index in [0.717, 1.165) is 40.5 Å². The molecule has 0 aliphatic rings. The quantitative estimate of drug-likeness (QED) is 0.801. The first kappa shape index (κ1) is 12.9. The average Bonchev–Trinajstić information content (AvgIpc) is 2.98. The van der Waals surface area contributed by atoms with Crippen LogP contribution in [0.4, 0.5) is 5.95 Å². The van der Waals surface area contributed by atoms with E-state index in [1.54, 1.807) is 18.4 Å². The van der Waals surface area contributed by atoms with Crippen LogP contribution in [-0.2, 0) is 13.0 Å². The number of aromatic nitrogens is 3. The zero-order valence-electron chi connectivity index (χ0n) is 11.5. The second-order valence-corrected chi connectivity index (χ2v) is 5.65. The van der Waals surface area contributed by atoms with E-state index in [2.05, 4.69) is 15.3 Å². The van der Waals surface area contributed by atoms with Crippen molar-refractivity contribution >= 4 is 28.3 Å². The van der Waals surface area contributed by atoms with Crippen LogP contribution in [0.3, 0.4) is 0 Å². The van der Waals surface area contributed by atoms with Gasteiger partial charge >= 0.3 is 0 Å². The van der Waals surface area contributed by atoms with Crippen molar-refractivity contribution in [1.82, 2.24) is 14.5 Å². The van der Waals surface area contributed by atoms with E-state index in [9.17, 15) is 0 Å². The zero-order chi connectivity index (χ0) is 14.1. The van der Waals surface area contributed by atoms with E-state index in [1.165, 1.54) is 0 Å². The Hall–Kier alpha value is -2.08. The molecule has 1 aromatic carbocycles. The Morgan fingerprint density at radius 1 is 1.35 bits per heavy atom. The highest BCUT2D eigenvalue weighted by atomic mass is 32.1. The van der Waals surface area contributed by atoms with Crippen LogP contribution in [0.15, 0.2) is 23.6 Å². The van der Waals surface area contributed by atoms with Gasteiger partial charge in [-0.25, -0.2) is 9.97 Å². The summed E-state index contributed by atoms with van der Waals surface area (Å²) in [5.74, 6) is 1.32. The molecular weight excluding hydrogens is 272 g/mol. The van der Waals surface area contributed by atoms with Gasteiger partial charge in [0.2, 0.25) is 5.95 Å². The molecule has 2 N–H and O–H groups in total. The number of aryl methyl sites for hydroxylation is 3. The van der Waals surface area contributed by atoms with Crippen molar-refractivity contribution in [3.63, 3.8) is 0 Å². The molecule has 0 bridgehead atoms. The maximum absolute atomic E-state index is 6.01. The molecule has 0 amide bonds. The highest BCUT2D eigenvalue weighted by Crippen LogP contribution is 2.23. The molecule has 0 unspecified atom stereocenters. The van der Waals surface area contributed by atoms with E-state index < -0.39 is 0 Å². The number of hydrogen-bond acceptors (Lipinski definition) is 5. The van der Waals surface area contributed by atoms with Gasteiger partial charge in [-0.3, -0.25) is 0 Å². The highest BCUT2D eigenvalue weighted by molar-refractivity contribution is 7.09. The van der Waals surface area contributed by atoms with Crippen LogP contribution in [-0.4, -0.2) is 21.6 Å². The Bertz CT molecular complexity index is 747. The largest absolute Gasteiger partial charge is 0.497 e. The highest BCUT2D eigenvalue weighted by Gasteiger charge is 2.09. The van der Waals surface area contributed by atoms with Gasteiger partial charge in [0, 0.05) is 24.4 Å². The number of fused-ring (bicyclic) bond motifs is 1. The van der Waals surface area contributed by atoms with Crippen LogP contribution in [0.25, 0.3) is 11.0 Å². The third-order valence-electron chi connectivity index (χ3n) is 3.24. The smallest absolute Gasteiger partial charge is 0.201 e. The molecule has 2 aromatic heterocycles. The molecule has 0 fully saturated rings. The van der Waals surface area contributed by atoms with Crippen molar-refractivity contribution < 1.29 is 4.74 Å². The van der Waals surface area contributed by atoms with Crippen molar-refractivity contribution in [2.24, 2.45) is 0 Å². The van der Waals surface area contributed by atoms with Crippen LogP contribution in [0.5, 0.6) is 5.75 Å². The van der Waals surface area contributed by atoms with Gasteiger partial charge in [-0.2, -0.15) is 0 Å². The van der Waals surface area contributed by atoms with Crippen LogP contribution < -0.4 is 10.5 Å². The van der Waals surface area contributed by atoms with Gasteiger partial charge in [-0.1, -0.05) is 0 Å². The molecule has 20 heavy (non-hydrogen) atoms. The number of ether oxygens (including phenoxy) is 1. The topological polar surface area (TPSA) is 66.0 Å². The third kappa shape index (κ3) is 2.34. The van der Waals surface area contributed by atoms with Crippen molar-refractivity contribution in [3.05, 3.63) is 34.3 Å². The molecule has 0 saturated heterocycles. The number of nitrogen functional groups attached to an aromatic ring is 1. The summed E-state index contributed by atoms with van der Waals surface area (Å²) in [6, 6.07) is 5.81. The summed E-state index contributed by atoms with van der Waals surface area (Å²) < 4.78 is 7.22. The number of imidazole rings is 1. The molecule has 0 radical (unpaired) electrons. The fraction of sp³-hybridized carbons (Fsp3) is 0.286. The van der Waals surface area contributed by atoms with Crippen molar-refractivity contribution in [3.8, 4) is 5.75 Å². The first-order chi connectivity index (χ1) is 9.67. The van der Waals surface area contributed by atoms with Crippen LogP contribution in [0.1, 0.15) is 10.7 Å². The molecule has 0 spiro atoms. The number of hydrogen-bond donors (Lipinski definition) is 1. The fourth-order valence-electron chi connectivity index (χ4n) is 2.24. The summed E-state index contributed by atoms with van der Waals surface area (Å²) in [5, 5.41) is 3.18. The maximum Gasteiger partial charge on any atom is 0.201 e. The van der Waals surface area contributed by atoms with E-state index in [1.807, 2.05) is 29.7 Å². The summed E-state index contributed by atoms with van der Waals surface area (Å²) in [6.45, 7) is 2.79. The lowest BCUT2D eigenvalue weighted by atomic mass is 10.3. The summed E-state index contributed by atoms with van der Waals surface area (Å²) in [4.78, 5) is 8.85. The minimum atomic E-state index is 0.528. The molecule has 0 atom stereocenters. The standard InChI is InChI=1S/C14H16N4OS/c1-9-16-10(8-20-9)5-6-18-13-4-3-11(19-2)7-12(13)17-14(18)15/h3-4,7-8H,5-6H2,1-2H3,(H2,15,17). The Kier molecular flexibility index (Phi) is 3.31. The summed E-state index contributed by atoms with van der Waals surface area (Å²) in [7, 11) is 1.64. The van der Waals surface area contributed by atoms with Crippen LogP contribution in [0, 0.1) is 6.92 Å². The van der Waals surface area contributed by atoms with Crippen LogP contribution >= 0.6 is 11.3 Å². The van der Waals surface area contributed by atoms with Gasteiger partial charge in [-0.15, -0.1) is 11.3 Å². The molecular formula is C14H16N4OS. The van der Waals surface area contributed by atoms with Gasteiger partial charge in [0.15, 0.2) is 0 Å². The molecule has 5 nitrogen and oxygen atoms in total. The number of rotatable bonds is 4. The summed E-state index contributed by atoms with van der Waals surface area (Å²) in [5.41, 5.74) is 8.99. The van der Waals surface area contributed by atoms with Gasteiger partial charge in [-0.05, 0) is 19.1 Å². The Morgan fingerprint density at radius 2 is 2.20 bits per heavy atom. The zero-order valence-corrected chi connectivity index (χ0v) is 12.3. The number of thiazole rings is 1. The summed E-state index contributed by atoms with van der Waals surface area (Å²) in [6.07, 6.45) is 0.853. The van der Waals surface area contributed by atoms with Crippen molar-refractivity contribution in [2.45, 2.75) is 19.9 Å². The second kappa shape index (κ2) is 5.13. The minimum absolute atomic E-state index is 0.528. The van der Waals surface area contributed by atoms with E-state index in [-0.39, 0.29) is 0 Å². The normalized spacial score (nSPS) is 11.1. The molecule has 0 aliphatic heterocycles. The minimum Gasteiger partial charge on any atom is -0.497 e. The fourth-order valence-corrected chi connectivity index (χ4v) is 2.89. The van der Waals surface area contributed by atoms with Gasteiger partial charge in [0.25, 0.3) is 0 Å². The summed E-state index contributed by atoms with van der Waals surface area (Å²) >= 11 is 1.67. The molecule has 3 rings (SSSR count). The molecule has 0 aliphatic carbocycles. The lowest BCUT2D eigenvalue weighted by Gasteiger charge is -2.05. The predicted molar refractivity (Wildman–Crippen MR) is 81.3 cm³/mol. The van der Waals surface area contributed by atoms with Crippen LogP contribution in [0.2, 0.25) is 0 Å². The number of anilines is 1. The molecule has 0 saturated carbocycles. The number of nitrogens with two attached hydrogens (primary N) is 1. The first-order valence-corrected chi connectivity index (χ1v) is 7.26. The Balaban J connectivity index is 1.89. The Labute approximate surface area is 121 Å². The average molecular weight is 288 g/mol. The predicted octanol–water partition coefficient (Wildman–Crippen LogP) is 2.63. The monoisotopic (exact) mass is 288 g/mol. The van der Waals surface area contributed by atoms with E-state index in [4.69, 9.17) is 10.5 Å². The first-order valence-electron chi connectivity index (χ1n) is 6.38. The molecule has 2 heterocycles. The van der Waals surface area contributed by atoms with Gasteiger partial charge in [0.1, 0.15) is 5.75 Å². The molecule has 104 valence electrons. The third-order valence-corrected chi connectivity index (χ3v) is 4.07.